The Kier molecular flexibility index (Phi) is 4.24. The van der Waals surface area contributed by atoms with Crippen LogP contribution in [0.4, 0.5) is 0 Å². The highest BCUT2D eigenvalue weighted by Crippen LogP contribution is 2.32. The van der Waals surface area contributed by atoms with Gasteiger partial charge in [-0.3, -0.25) is 14.2 Å². The van der Waals surface area contributed by atoms with Gasteiger partial charge in [0.1, 0.15) is 6.54 Å². The average Bonchev–Trinajstić information content (AvgIpc) is 3.03. The normalized spacial score (nSPS) is 17.6. The number of nitrogens with zero attached hydrogens (tertiary/aromatic N) is 4. The van der Waals surface area contributed by atoms with Crippen LogP contribution in [0, 0.1) is 13.8 Å². The van der Waals surface area contributed by atoms with E-state index in [1.54, 1.807) is 4.68 Å². The topological polar surface area (TPSA) is 64.7 Å². The average molecular weight is 329 g/mol. The van der Waals surface area contributed by atoms with Gasteiger partial charge in [0.25, 0.3) is 0 Å². The van der Waals surface area contributed by atoms with Gasteiger partial charge in [0.05, 0.1) is 23.5 Å². The van der Waals surface area contributed by atoms with Crippen molar-refractivity contribution in [3.63, 3.8) is 0 Å². The van der Waals surface area contributed by atoms with Gasteiger partial charge in [-0.25, -0.2) is 0 Å². The molecule has 0 aromatic carbocycles. The van der Waals surface area contributed by atoms with Crippen molar-refractivity contribution in [2.24, 2.45) is 0 Å². The highest BCUT2D eigenvalue weighted by molar-refractivity contribution is 5.76. The van der Waals surface area contributed by atoms with Crippen LogP contribution in [0.3, 0.4) is 0 Å². The molecule has 6 heteroatoms. The van der Waals surface area contributed by atoms with Crippen LogP contribution < -0.4 is 5.32 Å². The molecular formula is C18H27N5O. The first-order valence-electron chi connectivity index (χ1n) is 8.63. The number of carbonyl (C=O) groups excluding carboxylic acids is 1. The number of hydrogen-bond donors (Lipinski definition) is 1. The summed E-state index contributed by atoms with van der Waals surface area (Å²) in [5.41, 5.74) is 4.32. The molecule has 2 heterocycles. The quantitative estimate of drug-likeness (QED) is 0.941. The van der Waals surface area contributed by atoms with E-state index in [1.165, 1.54) is 5.69 Å². The Hall–Kier alpha value is -2.11. The molecule has 0 bridgehead atoms. The van der Waals surface area contributed by atoms with Crippen molar-refractivity contribution in [3.05, 3.63) is 34.9 Å². The van der Waals surface area contributed by atoms with Crippen molar-refractivity contribution in [1.29, 1.82) is 0 Å². The van der Waals surface area contributed by atoms with Crippen LogP contribution in [0.15, 0.2) is 12.3 Å². The number of hydrogen-bond acceptors (Lipinski definition) is 3. The fraction of sp³-hybridized carbons (Fsp3) is 0.611. The van der Waals surface area contributed by atoms with E-state index in [4.69, 9.17) is 0 Å². The molecule has 0 saturated carbocycles. The molecule has 1 atom stereocenters. The van der Waals surface area contributed by atoms with Crippen LogP contribution in [0.2, 0.25) is 0 Å². The second-order valence-corrected chi connectivity index (χ2v) is 7.73. The van der Waals surface area contributed by atoms with Crippen LogP contribution in [0.25, 0.3) is 0 Å². The van der Waals surface area contributed by atoms with Gasteiger partial charge in [0.2, 0.25) is 5.91 Å². The second kappa shape index (κ2) is 6.07. The molecule has 2 aromatic rings. The first-order chi connectivity index (χ1) is 11.3. The minimum atomic E-state index is -0.0385. The zero-order chi connectivity index (χ0) is 17.5. The molecule has 0 aliphatic heterocycles. The van der Waals surface area contributed by atoms with E-state index in [-0.39, 0.29) is 24.0 Å². The maximum absolute atomic E-state index is 12.5. The van der Waals surface area contributed by atoms with Crippen LogP contribution in [-0.4, -0.2) is 25.5 Å². The Morgan fingerprint density at radius 1 is 1.38 bits per heavy atom. The number of rotatable bonds is 3. The van der Waals surface area contributed by atoms with Gasteiger partial charge < -0.3 is 5.32 Å². The molecule has 1 aliphatic rings. The van der Waals surface area contributed by atoms with Crippen LogP contribution in [-0.2, 0) is 23.3 Å². The van der Waals surface area contributed by atoms with E-state index in [9.17, 15) is 4.79 Å². The van der Waals surface area contributed by atoms with E-state index >= 15 is 0 Å². The van der Waals surface area contributed by atoms with Crippen molar-refractivity contribution in [1.82, 2.24) is 24.9 Å². The van der Waals surface area contributed by atoms with E-state index in [1.807, 2.05) is 26.1 Å². The van der Waals surface area contributed by atoms with Crippen LogP contribution in [0.1, 0.15) is 62.3 Å². The number of carbonyl (C=O) groups is 1. The summed E-state index contributed by atoms with van der Waals surface area (Å²) < 4.78 is 3.86. The molecule has 0 saturated heterocycles. The van der Waals surface area contributed by atoms with Crippen LogP contribution in [0.5, 0.6) is 0 Å². The molecule has 0 spiro atoms. The summed E-state index contributed by atoms with van der Waals surface area (Å²) in [7, 11) is 0. The summed E-state index contributed by atoms with van der Waals surface area (Å²) in [4.78, 5) is 12.5. The number of aryl methyl sites for hydroxylation is 2. The lowest BCUT2D eigenvalue weighted by Crippen LogP contribution is -2.34. The fourth-order valence-corrected chi connectivity index (χ4v) is 3.50. The molecule has 2 aromatic heterocycles. The first kappa shape index (κ1) is 16.7. The Balaban J connectivity index is 1.74. The second-order valence-electron chi connectivity index (χ2n) is 7.73. The Morgan fingerprint density at radius 3 is 2.75 bits per heavy atom. The molecule has 130 valence electrons. The molecule has 1 N–H and O–H groups in total. The number of nitrogens with one attached hydrogen (secondary N) is 1. The molecule has 0 radical (unpaired) electrons. The van der Waals surface area contributed by atoms with Crippen molar-refractivity contribution < 1.29 is 4.79 Å². The fourth-order valence-electron chi connectivity index (χ4n) is 3.50. The maximum atomic E-state index is 12.5. The van der Waals surface area contributed by atoms with Crippen LogP contribution >= 0.6 is 0 Å². The monoisotopic (exact) mass is 329 g/mol. The smallest absolute Gasteiger partial charge is 0.242 e. The zero-order valence-corrected chi connectivity index (χ0v) is 15.3. The lowest BCUT2D eigenvalue weighted by atomic mass is 9.92. The molecule has 1 amide bonds. The summed E-state index contributed by atoms with van der Waals surface area (Å²) in [5.74, 6) is 0.00237. The van der Waals surface area contributed by atoms with Crippen molar-refractivity contribution in [2.75, 3.05) is 0 Å². The molecule has 6 nitrogen and oxygen atoms in total. The van der Waals surface area contributed by atoms with Gasteiger partial charge in [0, 0.05) is 17.0 Å². The molecule has 0 fully saturated rings. The van der Waals surface area contributed by atoms with Gasteiger partial charge in [-0.05, 0) is 59.9 Å². The van der Waals surface area contributed by atoms with E-state index in [2.05, 4.69) is 41.0 Å². The highest BCUT2D eigenvalue weighted by atomic mass is 16.2. The van der Waals surface area contributed by atoms with Gasteiger partial charge >= 0.3 is 0 Å². The molecule has 3 rings (SSSR count). The van der Waals surface area contributed by atoms with Crippen molar-refractivity contribution in [3.8, 4) is 0 Å². The largest absolute Gasteiger partial charge is 0.348 e. The lowest BCUT2D eigenvalue weighted by Gasteiger charge is -2.28. The minimum Gasteiger partial charge on any atom is -0.348 e. The van der Waals surface area contributed by atoms with Crippen molar-refractivity contribution in [2.45, 2.75) is 72.0 Å². The van der Waals surface area contributed by atoms with E-state index in [0.29, 0.717) is 0 Å². The van der Waals surface area contributed by atoms with E-state index < -0.39 is 0 Å². The number of fused-ring (bicyclic) bond motifs is 1. The molecule has 0 unspecified atom stereocenters. The summed E-state index contributed by atoms with van der Waals surface area (Å²) in [5, 5.41) is 12.1. The first-order valence-corrected chi connectivity index (χ1v) is 8.63. The summed E-state index contributed by atoms with van der Waals surface area (Å²) >= 11 is 0. The van der Waals surface area contributed by atoms with Gasteiger partial charge in [-0.15, -0.1) is 0 Å². The summed E-state index contributed by atoms with van der Waals surface area (Å²) in [6.07, 6.45) is 4.98. The lowest BCUT2D eigenvalue weighted by molar-refractivity contribution is -0.122. The maximum Gasteiger partial charge on any atom is 0.242 e. The number of aromatic nitrogens is 4. The Labute approximate surface area is 143 Å². The summed E-state index contributed by atoms with van der Waals surface area (Å²) in [6.45, 7) is 10.6. The van der Waals surface area contributed by atoms with E-state index in [0.717, 1.165) is 36.2 Å². The molecule has 24 heavy (non-hydrogen) atoms. The molecular weight excluding hydrogens is 302 g/mol. The third-order valence-electron chi connectivity index (χ3n) is 4.55. The molecule has 1 aliphatic carbocycles. The SMILES string of the molecule is Cc1cc(C)n(CC(=O)N[C@@H]2CCCc3c2cnn3C(C)(C)C)n1. The predicted molar refractivity (Wildman–Crippen MR) is 92.7 cm³/mol. The highest BCUT2D eigenvalue weighted by Gasteiger charge is 2.29. The standard InChI is InChI=1S/C18H27N5O/c1-12-9-13(2)22(21-12)11-17(24)20-15-7-6-8-16-14(15)10-19-23(16)18(3,4)5/h9-10,15H,6-8,11H2,1-5H3,(H,20,24)/t15-/m1/s1. The van der Waals surface area contributed by atoms with Gasteiger partial charge in [-0.1, -0.05) is 0 Å². The Bertz CT molecular complexity index is 750. The van der Waals surface area contributed by atoms with Crippen molar-refractivity contribution >= 4 is 5.91 Å². The predicted octanol–water partition coefficient (Wildman–Crippen LogP) is 2.65. The minimum absolute atomic E-state index is 0.00237. The van der Waals surface area contributed by atoms with Gasteiger partial charge in [-0.2, -0.15) is 10.2 Å². The zero-order valence-electron chi connectivity index (χ0n) is 15.3. The van der Waals surface area contributed by atoms with Gasteiger partial charge in [0.15, 0.2) is 0 Å². The number of amides is 1. The third-order valence-corrected chi connectivity index (χ3v) is 4.55. The summed E-state index contributed by atoms with van der Waals surface area (Å²) in [6, 6.07) is 2.04. The third kappa shape index (κ3) is 3.23. The Morgan fingerprint density at radius 2 is 2.12 bits per heavy atom.